The second-order valence-corrected chi connectivity index (χ2v) is 5.81. The zero-order valence-corrected chi connectivity index (χ0v) is 12.8. The van der Waals surface area contributed by atoms with Crippen LogP contribution in [-0.2, 0) is 0 Å². The summed E-state index contributed by atoms with van der Waals surface area (Å²) in [7, 11) is 0. The quantitative estimate of drug-likeness (QED) is 0.844. The lowest BCUT2D eigenvalue weighted by molar-refractivity contribution is 0.0662. The Morgan fingerprint density at radius 2 is 2.14 bits per heavy atom. The lowest BCUT2D eigenvalue weighted by Gasteiger charge is -2.33. The van der Waals surface area contributed by atoms with Crippen molar-refractivity contribution in [3.8, 4) is 11.8 Å². The van der Waals surface area contributed by atoms with Crippen molar-refractivity contribution in [1.82, 2.24) is 9.88 Å². The van der Waals surface area contributed by atoms with Crippen LogP contribution in [-0.4, -0.2) is 35.4 Å². The first-order valence-electron chi connectivity index (χ1n) is 7.56. The van der Waals surface area contributed by atoms with E-state index in [2.05, 4.69) is 30.7 Å². The van der Waals surface area contributed by atoms with Crippen LogP contribution in [0.5, 0.6) is 0 Å². The molecule has 1 aromatic heterocycles. The highest BCUT2D eigenvalue weighted by Crippen LogP contribution is 2.25. The largest absolute Gasteiger partial charge is 0.337 e. The summed E-state index contributed by atoms with van der Waals surface area (Å²) in [6.45, 7) is 6.50. The zero-order chi connectivity index (χ0) is 15.2. The highest BCUT2D eigenvalue weighted by Gasteiger charge is 2.25. The number of rotatable bonds is 2. The molecule has 1 aromatic rings. The summed E-state index contributed by atoms with van der Waals surface area (Å²) in [5, 5.41) is 0. The van der Waals surface area contributed by atoms with Gasteiger partial charge in [0.2, 0.25) is 0 Å². The number of piperidine rings is 1. The van der Waals surface area contributed by atoms with Gasteiger partial charge in [0.15, 0.2) is 0 Å². The molecule has 1 fully saturated rings. The molecule has 0 aromatic carbocycles. The Balaban J connectivity index is 1.97. The van der Waals surface area contributed by atoms with E-state index in [1.165, 1.54) is 0 Å². The van der Waals surface area contributed by atoms with Gasteiger partial charge in [-0.25, -0.2) is 4.98 Å². The van der Waals surface area contributed by atoms with Crippen LogP contribution >= 0.6 is 0 Å². The molecule has 0 unspecified atom stereocenters. The van der Waals surface area contributed by atoms with Gasteiger partial charge in [-0.15, -0.1) is 0 Å². The highest BCUT2D eigenvalue weighted by molar-refractivity contribution is 5.92. The number of hydrogen-bond donors (Lipinski definition) is 1. The Labute approximate surface area is 126 Å². The van der Waals surface area contributed by atoms with Crippen molar-refractivity contribution in [2.75, 3.05) is 19.6 Å². The molecule has 2 rings (SSSR count). The van der Waals surface area contributed by atoms with Gasteiger partial charge in [0, 0.05) is 24.8 Å². The predicted octanol–water partition coefficient (Wildman–Crippen LogP) is 1.90. The van der Waals surface area contributed by atoms with Crippen molar-refractivity contribution in [3.05, 3.63) is 29.6 Å². The molecule has 0 saturated carbocycles. The molecule has 21 heavy (non-hydrogen) atoms. The van der Waals surface area contributed by atoms with Crippen LogP contribution in [0.25, 0.3) is 0 Å². The third kappa shape index (κ3) is 4.05. The Bertz CT molecular complexity index is 531. The first kappa shape index (κ1) is 15.5. The van der Waals surface area contributed by atoms with Crippen molar-refractivity contribution < 1.29 is 4.79 Å². The maximum absolute atomic E-state index is 12.4. The van der Waals surface area contributed by atoms with E-state index in [0.29, 0.717) is 18.2 Å². The minimum absolute atomic E-state index is 0.0236. The molecular formula is C17H23N3O. The normalized spacial score (nSPS) is 15.7. The number of carbonyl (C=O) groups is 1. The van der Waals surface area contributed by atoms with Gasteiger partial charge in [0.1, 0.15) is 5.69 Å². The van der Waals surface area contributed by atoms with Crippen molar-refractivity contribution >= 4 is 5.91 Å². The van der Waals surface area contributed by atoms with Crippen molar-refractivity contribution in [1.29, 1.82) is 0 Å². The summed E-state index contributed by atoms with van der Waals surface area (Å²) in [4.78, 5) is 18.5. The van der Waals surface area contributed by atoms with Crippen LogP contribution in [0.3, 0.4) is 0 Å². The van der Waals surface area contributed by atoms with Crippen LogP contribution in [0, 0.1) is 23.7 Å². The average Bonchev–Trinajstić information content (AvgIpc) is 2.53. The number of amides is 1. The molecule has 0 aliphatic carbocycles. The number of pyridine rings is 1. The fraction of sp³-hybridized carbons (Fsp3) is 0.529. The van der Waals surface area contributed by atoms with Crippen LogP contribution in [0.4, 0.5) is 0 Å². The van der Waals surface area contributed by atoms with Crippen LogP contribution in [0.1, 0.15) is 42.7 Å². The van der Waals surface area contributed by atoms with Crippen LogP contribution in [0.15, 0.2) is 18.3 Å². The van der Waals surface area contributed by atoms with Crippen molar-refractivity contribution in [2.45, 2.75) is 26.7 Å². The van der Waals surface area contributed by atoms with Gasteiger partial charge in [0.25, 0.3) is 5.91 Å². The Morgan fingerprint density at radius 1 is 1.43 bits per heavy atom. The minimum atomic E-state index is 0.0236. The van der Waals surface area contributed by atoms with Gasteiger partial charge in [0.05, 0.1) is 6.54 Å². The lowest BCUT2D eigenvalue weighted by Crippen LogP contribution is -2.39. The van der Waals surface area contributed by atoms with Gasteiger partial charge in [-0.2, -0.15) is 0 Å². The number of nitrogens with zero attached hydrogens (tertiary/aromatic N) is 2. The highest BCUT2D eigenvalue weighted by atomic mass is 16.2. The molecule has 112 valence electrons. The summed E-state index contributed by atoms with van der Waals surface area (Å²) in [5.74, 6) is 7.13. The molecule has 2 N–H and O–H groups in total. The van der Waals surface area contributed by atoms with Gasteiger partial charge in [-0.1, -0.05) is 25.7 Å². The van der Waals surface area contributed by atoms with E-state index in [9.17, 15) is 4.79 Å². The monoisotopic (exact) mass is 285 g/mol. The Hall–Kier alpha value is -1.86. The molecule has 0 atom stereocenters. The van der Waals surface area contributed by atoms with E-state index in [1.54, 1.807) is 12.3 Å². The van der Waals surface area contributed by atoms with E-state index >= 15 is 0 Å². The molecule has 0 radical (unpaired) electrons. The Morgan fingerprint density at radius 3 is 2.67 bits per heavy atom. The second kappa shape index (κ2) is 7.24. The van der Waals surface area contributed by atoms with E-state index in [4.69, 9.17) is 5.73 Å². The molecule has 1 aliphatic heterocycles. The maximum Gasteiger partial charge on any atom is 0.272 e. The van der Waals surface area contributed by atoms with Crippen molar-refractivity contribution in [3.63, 3.8) is 0 Å². The zero-order valence-electron chi connectivity index (χ0n) is 12.8. The fourth-order valence-corrected chi connectivity index (χ4v) is 2.68. The number of likely N-dealkylation sites (tertiary alicyclic amines) is 1. The van der Waals surface area contributed by atoms with E-state index in [0.717, 1.165) is 37.4 Å². The first-order chi connectivity index (χ1) is 10.1. The molecular weight excluding hydrogens is 262 g/mol. The number of aromatic nitrogens is 1. The summed E-state index contributed by atoms with van der Waals surface area (Å²) in [6.07, 6.45) is 3.81. The molecule has 4 nitrogen and oxygen atoms in total. The summed E-state index contributed by atoms with van der Waals surface area (Å²) in [6, 6.07) is 3.57. The van der Waals surface area contributed by atoms with Crippen molar-refractivity contribution in [2.24, 2.45) is 17.6 Å². The topological polar surface area (TPSA) is 59.2 Å². The van der Waals surface area contributed by atoms with E-state index in [-0.39, 0.29) is 5.91 Å². The fourth-order valence-electron chi connectivity index (χ4n) is 2.68. The smallest absolute Gasteiger partial charge is 0.272 e. The molecule has 1 aliphatic rings. The number of carbonyl (C=O) groups excluding carboxylic acids is 1. The standard InChI is InChI=1S/C17H23N3O/c1-13(2)15-7-10-20(11-8-15)17(21)16-6-5-14(12-19-16)4-3-9-18/h5-6,12-13,15H,7-11,18H2,1-2H3. The number of hydrogen-bond acceptors (Lipinski definition) is 3. The second-order valence-electron chi connectivity index (χ2n) is 5.81. The van der Waals surface area contributed by atoms with Crippen LogP contribution < -0.4 is 5.73 Å². The molecule has 2 heterocycles. The predicted molar refractivity (Wildman–Crippen MR) is 83.6 cm³/mol. The van der Waals surface area contributed by atoms with E-state index in [1.807, 2.05) is 11.0 Å². The van der Waals surface area contributed by atoms with Gasteiger partial charge < -0.3 is 10.6 Å². The third-order valence-electron chi connectivity index (χ3n) is 4.09. The first-order valence-corrected chi connectivity index (χ1v) is 7.56. The van der Waals surface area contributed by atoms with Gasteiger partial charge in [-0.05, 0) is 36.8 Å². The number of nitrogens with two attached hydrogens (primary N) is 1. The molecule has 1 amide bonds. The summed E-state index contributed by atoms with van der Waals surface area (Å²) < 4.78 is 0. The summed E-state index contributed by atoms with van der Waals surface area (Å²) >= 11 is 0. The molecule has 4 heteroatoms. The van der Waals surface area contributed by atoms with Gasteiger partial charge in [-0.3, -0.25) is 4.79 Å². The molecule has 0 spiro atoms. The lowest BCUT2D eigenvalue weighted by atomic mass is 9.86. The molecule has 0 bridgehead atoms. The SMILES string of the molecule is CC(C)C1CCN(C(=O)c2ccc(C#CCN)cn2)CC1. The third-order valence-corrected chi connectivity index (χ3v) is 4.09. The Kier molecular flexibility index (Phi) is 5.35. The van der Waals surface area contributed by atoms with E-state index < -0.39 is 0 Å². The maximum atomic E-state index is 12.4. The minimum Gasteiger partial charge on any atom is -0.337 e. The summed E-state index contributed by atoms with van der Waals surface area (Å²) in [5.41, 5.74) is 6.61. The average molecular weight is 285 g/mol. The van der Waals surface area contributed by atoms with Gasteiger partial charge >= 0.3 is 0 Å². The molecule has 1 saturated heterocycles. The van der Waals surface area contributed by atoms with Crippen LogP contribution in [0.2, 0.25) is 0 Å².